The molecule has 0 atom stereocenters. The lowest BCUT2D eigenvalue weighted by Crippen LogP contribution is -2.29. The van der Waals surface area contributed by atoms with Crippen LogP contribution in [-0.4, -0.2) is 12.5 Å². The quantitative estimate of drug-likeness (QED) is 0.887. The summed E-state index contributed by atoms with van der Waals surface area (Å²) in [5.74, 6) is -0.431. The molecule has 0 aromatic heterocycles. The third-order valence-electron chi connectivity index (χ3n) is 3.03. The molecule has 0 heterocycles. The minimum absolute atomic E-state index is 0.143. The molecular formula is C16H16ClFN2O. The average Bonchev–Trinajstić information content (AvgIpc) is 2.48. The Balaban J connectivity index is 1.79. The van der Waals surface area contributed by atoms with Gasteiger partial charge in [0.15, 0.2) is 0 Å². The van der Waals surface area contributed by atoms with Gasteiger partial charge in [0.1, 0.15) is 5.82 Å². The summed E-state index contributed by atoms with van der Waals surface area (Å²) in [6.45, 7) is 2.44. The number of hydrogen-bond donors (Lipinski definition) is 2. The lowest BCUT2D eigenvalue weighted by Gasteiger charge is -2.09. The Bertz CT molecular complexity index is 629. The van der Waals surface area contributed by atoms with Crippen LogP contribution in [0.25, 0.3) is 0 Å². The molecule has 0 saturated carbocycles. The summed E-state index contributed by atoms with van der Waals surface area (Å²) in [7, 11) is 0. The molecular weight excluding hydrogens is 291 g/mol. The van der Waals surface area contributed by atoms with E-state index in [0.29, 0.717) is 11.6 Å². The van der Waals surface area contributed by atoms with E-state index in [1.807, 2.05) is 19.1 Å². The van der Waals surface area contributed by atoms with Gasteiger partial charge in [-0.15, -0.1) is 0 Å². The number of benzene rings is 2. The van der Waals surface area contributed by atoms with Gasteiger partial charge >= 0.3 is 0 Å². The summed E-state index contributed by atoms with van der Waals surface area (Å²) in [5, 5.41) is 6.42. The number of aryl methyl sites for hydroxylation is 1. The largest absolute Gasteiger partial charge is 0.376 e. The first-order chi connectivity index (χ1) is 10.0. The topological polar surface area (TPSA) is 41.1 Å². The van der Waals surface area contributed by atoms with Gasteiger partial charge in [0.05, 0.1) is 6.54 Å². The van der Waals surface area contributed by atoms with E-state index < -0.39 is 0 Å². The number of carbonyl (C=O) groups is 1. The van der Waals surface area contributed by atoms with Crippen LogP contribution in [0.5, 0.6) is 0 Å². The Morgan fingerprint density at radius 2 is 1.90 bits per heavy atom. The zero-order valence-electron chi connectivity index (χ0n) is 11.6. The number of carbonyl (C=O) groups excluding carboxylic acids is 1. The van der Waals surface area contributed by atoms with Crippen molar-refractivity contribution in [2.75, 3.05) is 11.9 Å². The third-order valence-corrected chi connectivity index (χ3v) is 3.44. The van der Waals surface area contributed by atoms with Crippen molar-refractivity contribution in [1.29, 1.82) is 0 Å². The first-order valence-electron chi connectivity index (χ1n) is 6.56. The second kappa shape index (κ2) is 7.09. The molecule has 0 fully saturated rings. The second-order valence-electron chi connectivity index (χ2n) is 4.72. The fourth-order valence-corrected chi connectivity index (χ4v) is 1.93. The number of halogens is 2. The Morgan fingerprint density at radius 3 is 2.57 bits per heavy atom. The van der Waals surface area contributed by atoms with Crippen molar-refractivity contribution in [3.8, 4) is 0 Å². The molecule has 1 amide bonds. The summed E-state index contributed by atoms with van der Waals surface area (Å²) < 4.78 is 12.7. The molecule has 2 N–H and O–H groups in total. The lowest BCUT2D eigenvalue weighted by atomic mass is 10.2. The standard InChI is InChI=1S/C16H16ClFN2O/c1-11-2-7-14(8-15(11)17)19-10-16(21)20-9-12-3-5-13(18)6-4-12/h2-8,19H,9-10H2,1H3,(H,20,21). The molecule has 110 valence electrons. The van der Waals surface area contributed by atoms with Gasteiger partial charge in [-0.25, -0.2) is 4.39 Å². The highest BCUT2D eigenvalue weighted by Crippen LogP contribution is 2.19. The Kier molecular flexibility index (Phi) is 5.17. The molecule has 0 saturated heterocycles. The molecule has 0 aliphatic carbocycles. The predicted molar refractivity (Wildman–Crippen MR) is 82.9 cm³/mol. The predicted octanol–water partition coefficient (Wildman–Crippen LogP) is 3.52. The minimum atomic E-state index is -0.289. The van der Waals surface area contributed by atoms with Crippen LogP contribution in [0.4, 0.5) is 10.1 Å². The van der Waals surface area contributed by atoms with Crippen molar-refractivity contribution >= 4 is 23.2 Å². The number of anilines is 1. The van der Waals surface area contributed by atoms with Crippen molar-refractivity contribution in [3.63, 3.8) is 0 Å². The van der Waals surface area contributed by atoms with Gasteiger partial charge in [0.25, 0.3) is 0 Å². The van der Waals surface area contributed by atoms with Gasteiger partial charge in [0, 0.05) is 17.3 Å². The molecule has 0 aliphatic heterocycles. The van der Waals surface area contributed by atoms with E-state index in [-0.39, 0.29) is 18.3 Å². The Hall–Kier alpha value is -2.07. The van der Waals surface area contributed by atoms with Crippen molar-refractivity contribution in [3.05, 3.63) is 64.4 Å². The van der Waals surface area contributed by atoms with E-state index in [4.69, 9.17) is 11.6 Å². The van der Waals surface area contributed by atoms with Crippen LogP contribution in [0, 0.1) is 12.7 Å². The molecule has 21 heavy (non-hydrogen) atoms. The Morgan fingerprint density at radius 1 is 1.19 bits per heavy atom. The van der Waals surface area contributed by atoms with Crippen LogP contribution >= 0.6 is 11.6 Å². The molecule has 3 nitrogen and oxygen atoms in total. The monoisotopic (exact) mass is 306 g/mol. The fraction of sp³-hybridized carbons (Fsp3) is 0.188. The van der Waals surface area contributed by atoms with Crippen LogP contribution in [-0.2, 0) is 11.3 Å². The van der Waals surface area contributed by atoms with Gasteiger partial charge in [-0.05, 0) is 42.3 Å². The van der Waals surface area contributed by atoms with E-state index >= 15 is 0 Å². The first kappa shape index (κ1) is 15.3. The number of hydrogen-bond acceptors (Lipinski definition) is 2. The summed E-state index contributed by atoms with van der Waals surface area (Å²) in [5.41, 5.74) is 2.63. The zero-order chi connectivity index (χ0) is 15.2. The highest BCUT2D eigenvalue weighted by Gasteiger charge is 2.03. The SMILES string of the molecule is Cc1ccc(NCC(=O)NCc2ccc(F)cc2)cc1Cl. The van der Waals surface area contributed by atoms with E-state index in [9.17, 15) is 9.18 Å². The van der Waals surface area contributed by atoms with Crippen LogP contribution in [0.3, 0.4) is 0 Å². The van der Waals surface area contributed by atoms with Crippen molar-refractivity contribution in [2.24, 2.45) is 0 Å². The molecule has 0 aliphatic rings. The van der Waals surface area contributed by atoms with Gasteiger partial charge in [0.2, 0.25) is 5.91 Å². The smallest absolute Gasteiger partial charge is 0.239 e. The summed E-state index contributed by atoms with van der Waals surface area (Å²) in [4.78, 5) is 11.7. The number of amides is 1. The molecule has 0 spiro atoms. The van der Waals surface area contributed by atoms with E-state index in [1.165, 1.54) is 12.1 Å². The normalized spacial score (nSPS) is 10.2. The molecule has 2 rings (SSSR count). The number of nitrogens with one attached hydrogen (secondary N) is 2. The maximum Gasteiger partial charge on any atom is 0.239 e. The van der Waals surface area contributed by atoms with Crippen LogP contribution < -0.4 is 10.6 Å². The highest BCUT2D eigenvalue weighted by molar-refractivity contribution is 6.31. The van der Waals surface area contributed by atoms with Crippen LogP contribution in [0.1, 0.15) is 11.1 Å². The van der Waals surface area contributed by atoms with Gasteiger partial charge < -0.3 is 10.6 Å². The zero-order valence-corrected chi connectivity index (χ0v) is 12.4. The van der Waals surface area contributed by atoms with Crippen molar-refractivity contribution < 1.29 is 9.18 Å². The first-order valence-corrected chi connectivity index (χ1v) is 6.93. The average molecular weight is 307 g/mol. The summed E-state index contributed by atoms with van der Waals surface area (Å²) in [6.07, 6.45) is 0. The van der Waals surface area contributed by atoms with E-state index in [1.54, 1.807) is 18.2 Å². The van der Waals surface area contributed by atoms with Gasteiger partial charge in [-0.2, -0.15) is 0 Å². The van der Waals surface area contributed by atoms with Gasteiger partial charge in [-0.1, -0.05) is 29.8 Å². The van der Waals surface area contributed by atoms with Crippen LogP contribution in [0.2, 0.25) is 5.02 Å². The molecule has 0 radical (unpaired) electrons. The fourth-order valence-electron chi connectivity index (χ4n) is 1.75. The maximum atomic E-state index is 12.7. The summed E-state index contributed by atoms with van der Waals surface area (Å²) >= 11 is 6.01. The molecule has 0 bridgehead atoms. The maximum absolute atomic E-state index is 12.7. The molecule has 2 aromatic rings. The van der Waals surface area contributed by atoms with E-state index in [0.717, 1.165) is 16.8 Å². The lowest BCUT2D eigenvalue weighted by molar-refractivity contribution is -0.119. The van der Waals surface area contributed by atoms with E-state index in [2.05, 4.69) is 10.6 Å². The molecule has 0 unspecified atom stereocenters. The summed E-state index contributed by atoms with van der Waals surface area (Å²) in [6, 6.07) is 11.6. The molecule has 2 aromatic carbocycles. The van der Waals surface area contributed by atoms with Crippen molar-refractivity contribution in [1.82, 2.24) is 5.32 Å². The molecule has 5 heteroatoms. The third kappa shape index (κ3) is 4.76. The second-order valence-corrected chi connectivity index (χ2v) is 5.13. The highest BCUT2D eigenvalue weighted by atomic mass is 35.5. The van der Waals surface area contributed by atoms with Crippen LogP contribution in [0.15, 0.2) is 42.5 Å². The Labute approximate surface area is 128 Å². The van der Waals surface area contributed by atoms with Gasteiger partial charge in [-0.3, -0.25) is 4.79 Å². The minimum Gasteiger partial charge on any atom is -0.376 e. The van der Waals surface area contributed by atoms with Crippen molar-refractivity contribution in [2.45, 2.75) is 13.5 Å². The number of rotatable bonds is 5.